The van der Waals surface area contributed by atoms with Crippen LogP contribution < -0.4 is 5.56 Å². The molecule has 1 aromatic carbocycles. The second kappa shape index (κ2) is 5.67. The number of hydrogen-bond donors (Lipinski definition) is 0. The summed E-state index contributed by atoms with van der Waals surface area (Å²) in [6.07, 6.45) is 1.15. The van der Waals surface area contributed by atoms with Crippen molar-refractivity contribution in [2.24, 2.45) is 0 Å². The Morgan fingerprint density at radius 1 is 1.19 bits per heavy atom. The van der Waals surface area contributed by atoms with Gasteiger partial charge in [-0.25, -0.2) is 4.98 Å². The Hall–Kier alpha value is -2.81. The van der Waals surface area contributed by atoms with E-state index >= 15 is 0 Å². The zero-order chi connectivity index (χ0) is 15.6. The molecule has 0 N–H and O–H groups in total. The van der Waals surface area contributed by atoms with E-state index in [4.69, 9.17) is 11.6 Å². The summed E-state index contributed by atoms with van der Waals surface area (Å²) in [5, 5.41) is 21.6. The molecule has 0 bridgehead atoms. The molecule has 0 saturated heterocycles. The summed E-state index contributed by atoms with van der Waals surface area (Å²) < 4.78 is 1.11. The monoisotopic (exact) mass is 310 g/mol. The fourth-order valence-electron chi connectivity index (χ4n) is 1.68. The molecule has 108 valence electrons. The lowest BCUT2D eigenvalue weighted by atomic mass is 10.1. The van der Waals surface area contributed by atoms with Crippen LogP contribution in [-0.2, 0) is 6.54 Å². The van der Waals surface area contributed by atoms with Gasteiger partial charge in [-0.15, -0.1) is 0 Å². The summed E-state index contributed by atoms with van der Waals surface area (Å²) in [5.41, 5.74) is -1.17. The Morgan fingerprint density at radius 3 is 2.48 bits per heavy atom. The molecule has 2 aromatic rings. The van der Waals surface area contributed by atoms with E-state index in [1.807, 2.05) is 0 Å². The fourth-order valence-corrected chi connectivity index (χ4v) is 1.81. The molecule has 0 saturated carbocycles. The number of halogens is 1. The molecule has 0 atom stereocenters. The van der Waals surface area contributed by atoms with Gasteiger partial charge in [0.1, 0.15) is 5.15 Å². The molecule has 0 radical (unpaired) electrons. The van der Waals surface area contributed by atoms with E-state index in [-0.39, 0.29) is 17.3 Å². The third-order valence-corrected chi connectivity index (χ3v) is 2.87. The number of aromatic nitrogens is 2. The highest BCUT2D eigenvalue weighted by Crippen LogP contribution is 2.25. The third-order valence-electron chi connectivity index (χ3n) is 2.66. The molecule has 0 amide bonds. The van der Waals surface area contributed by atoms with Crippen molar-refractivity contribution in [1.29, 1.82) is 0 Å². The molecule has 10 heteroatoms. The number of hydrogen-bond acceptors (Lipinski definition) is 6. The molecule has 1 aromatic heterocycles. The first kappa shape index (κ1) is 14.6. The molecule has 0 unspecified atom stereocenters. The number of nitro groups is 2. The zero-order valence-electron chi connectivity index (χ0n) is 10.3. The van der Waals surface area contributed by atoms with E-state index in [0.29, 0.717) is 0 Å². The predicted octanol–water partition coefficient (Wildman–Crippen LogP) is 1.76. The zero-order valence-corrected chi connectivity index (χ0v) is 11.1. The van der Waals surface area contributed by atoms with E-state index in [1.54, 1.807) is 0 Å². The lowest BCUT2D eigenvalue weighted by molar-refractivity contribution is -0.394. The maximum atomic E-state index is 11.7. The largest absolute Gasteiger partial charge is 0.294 e. The first-order valence-corrected chi connectivity index (χ1v) is 5.90. The van der Waals surface area contributed by atoms with Crippen LogP contribution in [0.4, 0.5) is 11.4 Å². The van der Waals surface area contributed by atoms with Crippen molar-refractivity contribution in [3.8, 4) is 0 Å². The van der Waals surface area contributed by atoms with Gasteiger partial charge in [-0.2, -0.15) is 0 Å². The third kappa shape index (κ3) is 3.20. The van der Waals surface area contributed by atoms with Gasteiger partial charge in [-0.05, 0) is 6.07 Å². The number of benzene rings is 1. The van der Waals surface area contributed by atoms with Crippen molar-refractivity contribution in [2.45, 2.75) is 6.54 Å². The van der Waals surface area contributed by atoms with Crippen LogP contribution in [0.1, 0.15) is 5.56 Å². The SMILES string of the molecule is O=c1cc(Cl)ncn1Cc1ccc([N+](=O)[O-])cc1[N+](=O)[O-]. The summed E-state index contributed by atoms with van der Waals surface area (Å²) in [6, 6.07) is 4.29. The minimum Gasteiger partial charge on any atom is -0.294 e. The van der Waals surface area contributed by atoms with E-state index in [2.05, 4.69) is 4.98 Å². The molecular weight excluding hydrogens is 304 g/mol. The summed E-state index contributed by atoms with van der Waals surface area (Å²) in [7, 11) is 0. The molecule has 2 rings (SSSR count). The first-order chi connectivity index (χ1) is 9.88. The van der Waals surface area contributed by atoms with Crippen molar-refractivity contribution in [1.82, 2.24) is 9.55 Å². The second-order valence-electron chi connectivity index (χ2n) is 4.01. The standard InChI is InChI=1S/C11H7ClN4O5/c12-10-4-11(17)14(6-13-10)5-7-1-2-8(15(18)19)3-9(7)16(20)21/h1-4,6H,5H2. The lowest BCUT2D eigenvalue weighted by Gasteiger charge is -2.05. The van der Waals surface area contributed by atoms with Crippen LogP contribution in [0.25, 0.3) is 0 Å². The highest BCUT2D eigenvalue weighted by molar-refractivity contribution is 6.29. The van der Waals surface area contributed by atoms with E-state index in [0.717, 1.165) is 29.1 Å². The molecular formula is C11H7ClN4O5. The summed E-state index contributed by atoms with van der Waals surface area (Å²) >= 11 is 5.55. The molecule has 0 aliphatic rings. The predicted molar refractivity (Wildman–Crippen MR) is 72.4 cm³/mol. The van der Waals surface area contributed by atoms with Gasteiger partial charge in [0.2, 0.25) is 0 Å². The summed E-state index contributed by atoms with van der Waals surface area (Å²) in [4.78, 5) is 35.5. The van der Waals surface area contributed by atoms with Gasteiger partial charge in [-0.3, -0.25) is 29.6 Å². The molecule has 0 aliphatic heterocycles. The van der Waals surface area contributed by atoms with E-state index < -0.39 is 26.8 Å². The van der Waals surface area contributed by atoms with Gasteiger partial charge in [0.05, 0.1) is 34.3 Å². The van der Waals surface area contributed by atoms with Crippen LogP contribution in [0.15, 0.2) is 35.4 Å². The Morgan fingerprint density at radius 2 is 1.90 bits per heavy atom. The summed E-state index contributed by atoms with van der Waals surface area (Å²) in [5.74, 6) is 0. The molecule has 0 fully saturated rings. The normalized spacial score (nSPS) is 10.3. The maximum absolute atomic E-state index is 11.7. The van der Waals surface area contributed by atoms with Crippen molar-refractivity contribution >= 4 is 23.0 Å². The van der Waals surface area contributed by atoms with Gasteiger partial charge in [0.15, 0.2) is 0 Å². The van der Waals surface area contributed by atoms with Crippen LogP contribution >= 0.6 is 11.6 Å². The summed E-state index contributed by atoms with van der Waals surface area (Å²) in [6.45, 7) is -0.142. The van der Waals surface area contributed by atoms with Crippen LogP contribution in [0.3, 0.4) is 0 Å². The van der Waals surface area contributed by atoms with Gasteiger partial charge in [0.25, 0.3) is 16.9 Å². The quantitative estimate of drug-likeness (QED) is 0.482. The Kier molecular flexibility index (Phi) is 3.94. The Labute approximate surface area is 121 Å². The number of non-ortho nitro benzene ring substituents is 1. The average Bonchev–Trinajstić information content (AvgIpc) is 2.41. The second-order valence-corrected chi connectivity index (χ2v) is 4.39. The Bertz CT molecular complexity index is 788. The molecule has 9 nitrogen and oxygen atoms in total. The number of nitrogens with zero attached hydrogens (tertiary/aromatic N) is 4. The topological polar surface area (TPSA) is 121 Å². The van der Waals surface area contributed by atoms with Gasteiger partial charge in [-0.1, -0.05) is 11.6 Å². The molecule has 1 heterocycles. The molecule has 0 aliphatic carbocycles. The van der Waals surface area contributed by atoms with Gasteiger partial charge >= 0.3 is 0 Å². The highest BCUT2D eigenvalue weighted by Gasteiger charge is 2.19. The number of nitro benzene ring substituents is 2. The van der Waals surface area contributed by atoms with E-state index in [1.165, 1.54) is 6.07 Å². The van der Waals surface area contributed by atoms with Crippen LogP contribution in [0.2, 0.25) is 5.15 Å². The Balaban J connectivity index is 2.46. The minimum absolute atomic E-state index is 0.00875. The molecule has 0 spiro atoms. The van der Waals surface area contributed by atoms with E-state index in [9.17, 15) is 25.0 Å². The number of rotatable bonds is 4. The highest BCUT2D eigenvalue weighted by atomic mass is 35.5. The van der Waals surface area contributed by atoms with Crippen LogP contribution in [0.5, 0.6) is 0 Å². The average molecular weight is 311 g/mol. The van der Waals surface area contributed by atoms with Crippen molar-refractivity contribution in [3.05, 3.63) is 71.9 Å². The van der Waals surface area contributed by atoms with Gasteiger partial charge < -0.3 is 0 Å². The van der Waals surface area contributed by atoms with Crippen molar-refractivity contribution < 1.29 is 9.85 Å². The fraction of sp³-hybridized carbons (Fsp3) is 0.0909. The maximum Gasteiger partial charge on any atom is 0.281 e. The van der Waals surface area contributed by atoms with Gasteiger partial charge in [0, 0.05) is 12.1 Å². The smallest absolute Gasteiger partial charge is 0.281 e. The minimum atomic E-state index is -0.739. The first-order valence-electron chi connectivity index (χ1n) is 5.52. The van der Waals surface area contributed by atoms with Crippen LogP contribution in [0, 0.1) is 20.2 Å². The van der Waals surface area contributed by atoms with Crippen molar-refractivity contribution in [2.75, 3.05) is 0 Å². The lowest BCUT2D eigenvalue weighted by Crippen LogP contribution is -2.20. The molecule has 21 heavy (non-hydrogen) atoms. The van der Waals surface area contributed by atoms with Crippen LogP contribution in [-0.4, -0.2) is 19.4 Å². The van der Waals surface area contributed by atoms with Crippen molar-refractivity contribution in [3.63, 3.8) is 0 Å².